The second-order valence-corrected chi connectivity index (χ2v) is 5.15. The van der Waals surface area contributed by atoms with Crippen LogP contribution in [0.1, 0.15) is 0 Å². The van der Waals surface area contributed by atoms with Crippen LogP contribution in [-0.2, 0) is 0 Å². The number of benzene rings is 2. The van der Waals surface area contributed by atoms with Crippen LogP contribution in [0.5, 0.6) is 5.75 Å². The number of thiocarbonyl (C=S) groups is 1. The molecule has 0 aromatic heterocycles. The minimum absolute atomic E-state index is 0.163. The normalized spacial score (nSPS) is 10.2. The number of nitrogens with one attached hydrogen (secondary N) is 2. The molecular weight excluding hydrogens is 322 g/mol. The van der Waals surface area contributed by atoms with Gasteiger partial charge in [-0.2, -0.15) is 0 Å². The Morgan fingerprint density at radius 1 is 1.10 bits per heavy atom. The van der Waals surface area contributed by atoms with Crippen molar-refractivity contribution in [2.24, 2.45) is 0 Å². The van der Waals surface area contributed by atoms with Gasteiger partial charge in [0, 0.05) is 15.7 Å². The van der Waals surface area contributed by atoms with Crippen LogP contribution in [0.3, 0.4) is 0 Å². The number of para-hydroxylation sites is 1. The van der Waals surface area contributed by atoms with Crippen LogP contribution in [0, 0.1) is 5.82 Å². The van der Waals surface area contributed by atoms with E-state index in [-0.39, 0.29) is 10.8 Å². The highest BCUT2D eigenvalue weighted by Crippen LogP contribution is 2.26. The van der Waals surface area contributed by atoms with Gasteiger partial charge in [-0.05, 0) is 42.5 Å². The van der Waals surface area contributed by atoms with Crippen molar-refractivity contribution in [3.8, 4) is 5.75 Å². The van der Waals surface area contributed by atoms with Crippen LogP contribution < -0.4 is 10.6 Å². The minimum Gasteiger partial charge on any atom is -0.503 e. The van der Waals surface area contributed by atoms with E-state index >= 15 is 0 Å². The Labute approximate surface area is 130 Å². The fourth-order valence-corrected chi connectivity index (χ4v) is 2.28. The highest BCUT2D eigenvalue weighted by Gasteiger charge is 2.08. The summed E-state index contributed by atoms with van der Waals surface area (Å²) in [6.45, 7) is 0. The Morgan fingerprint density at radius 2 is 1.75 bits per heavy atom. The molecule has 0 saturated heterocycles. The third-order valence-corrected chi connectivity index (χ3v) is 3.00. The van der Waals surface area contributed by atoms with E-state index in [1.54, 1.807) is 18.2 Å². The summed E-state index contributed by atoms with van der Waals surface area (Å²) in [5.41, 5.74) is 0.742. The molecule has 0 bridgehead atoms. The molecule has 3 N–H and O–H groups in total. The molecule has 2 aromatic carbocycles. The van der Waals surface area contributed by atoms with Gasteiger partial charge in [0.2, 0.25) is 0 Å². The maximum atomic E-state index is 13.2. The van der Waals surface area contributed by atoms with Crippen LogP contribution in [0.15, 0.2) is 36.4 Å². The van der Waals surface area contributed by atoms with Gasteiger partial charge in [0.25, 0.3) is 0 Å². The summed E-state index contributed by atoms with van der Waals surface area (Å²) in [5.74, 6) is -1.23. The van der Waals surface area contributed by atoms with Gasteiger partial charge in [-0.3, -0.25) is 0 Å². The molecule has 0 unspecified atom stereocenters. The highest BCUT2D eigenvalue weighted by atomic mass is 35.5. The predicted molar refractivity (Wildman–Crippen MR) is 84.4 cm³/mol. The second-order valence-electron chi connectivity index (χ2n) is 3.87. The zero-order valence-corrected chi connectivity index (χ0v) is 12.3. The number of phenols is 1. The first-order valence-electron chi connectivity index (χ1n) is 5.47. The summed E-state index contributed by atoms with van der Waals surface area (Å²) in [5, 5.41) is 16.1. The van der Waals surface area contributed by atoms with E-state index in [1.807, 2.05) is 0 Å². The SMILES string of the molecule is Oc1c(F)cccc1NC(=S)Nc1cc(Cl)cc(Cl)c1. The molecule has 2 rings (SSSR count). The van der Waals surface area contributed by atoms with Crippen molar-refractivity contribution < 1.29 is 9.50 Å². The van der Waals surface area contributed by atoms with Crippen molar-refractivity contribution >= 4 is 51.9 Å². The number of hydrogen-bond acceptors (Lipinski definition) is 2. The Morgan fingerprint density at radius 3 is 2.40 bits per heavy atom. The van der Waals surface area contributed by atoms with E-state index in [0.29, 0.717) is 15.7 Å². The number of anilines is 2. The average Bonchev–Trinajstić information content (AvgIpc) is 2.33. The summed E-state index contributed by atoms with van der Waals surface area (Å²) in [6, 6.07) is 8.95. The molecule has 0 saturated carbocycles. The first-order valence-corrected chi connectivity index (χ1v) is 6.63. The number of halogens is 3. The molecule has 20 heavy (non-hydrogen) atoms. The topological polar surface area (TPSA) is 44.3 Å². The lowest BCUT2D eigenvalue weighted by Gasteiger charge is -2.12. The summed E-state index contributed by atoms with van der Waals surface area (Å²) in [4.78, 5) is 0. The summed E-state index contributed by atoms with van der Waals surface area (Å²) in [6.07, 6.45) is 0. The lowest BCUT2D eigenvalue weighted by Crippen LogP contribution is -2.19. The van der Waals surface area contributed by atoms with Crippen molar-refractivity contribution in [3.05, 3.63) is 52.3 Å². The number of phenolic OH excluding ortho intramolecular Hbond substituents is 1. The number of aromatic hydroxyl groups is 1. The van der Waals surface area contributed by atoms with Gasteiger partial charge in [0.15, 0.2) is 16.7 Å². The molecule has 3 nitrogen and oxygen atoms in total. The van der Waals surface area contributed by atoms with Gasteiger partial charge in [-0.1, -0.05) is 29.3 Å². The average molecular weight is 331 g/mol. The Hall–Kier alpha value is -1.56. The van der Waals surface area contributed by atoms with E-state index in [2.05, 4.69) is 10.6 Å². The summed E-state index contributed by atoms with van der Waals surface area (Å²) >= 11 is 16.8. The van der Waals surface area contributed by atoms with E-state index in [9.17, 15) is 9.50 Å². The fourth-order valence-electron chi connectivity index (χ4n) is 1.53. The first-order chi connectivity index (χ1) is 9.45. The molecule has 0 radical (unpaired) electrons. The van der Waals surface area contributed by atoms with Crippen molar-refractivity contribution in [2.45, 2.75) is 0 Å². The summed E-state index contributed by atoms with van der Waals surface area (Å²) < 4.78 is 13.2. The maximum absolute atomic E-state index is 13.2. The third-order valence-electron chi connectivity index (χ3n) is 2.36. The lowest BCUT2D eigenvalue weighted by atomic mass is 10.3. The zero-order valence-electron chi connectivity index (χ0n) is 9.95. The lowest BCUT2D eigenvalue weighted by molar-refractivity contribution is 0.435. The van der Waals surface area contributed by atoms with E-state index in [4.69, 9.17) is 35.4 Å². The Balaban J connectivity index is 2.11. The van der Waals surface area contributed by atoms with E-state index in [1.165, 1.54) is 12.1 Å². The Kier molecular flexibility index (Phi) is 4.65. The molecule has 0 atom stereocenters. The minimum atomic E-state index is -0.733. The van der Waals surface area contributed by atoms with Crippen LogP contribution >= 0.6 is 35.4 Å². The van der Waals surface area contributed by atoms with Crippen molar-refractivity contribution in [1.82, 2.24) is 0 Å². The largest absolute Gasteiger partial charge is 0.503 e. The molecule has 0 spiro atoms. The molecule has 0 amide bonds. The molecule has 0 heterocycles. The van der Waals surface area contributed by atoms with Gasteiger partial charge in [0.05, 0.1) is 5.69 Å². The van der Waals surface area contributed by atoms with Crippen LogP contribution in [0.4, 0.5) is 15.8 Å². The van der Waals surface area contributed by atoms with Crippen LogP contribution in [-0.4, -0.2) is 10.2 Å². The highest BCUT2D eigenvalue weighted by molar-refractivity contribution is 7.80. The molecular formula is C13H9Cl2FN2OS. The third kappa shape index (κ3) is 3.72. The van der Waals surface area contributed by atoms with Crippen molar-refractivity contribution in [2.75, 3.05) is 10.6 Å². The van der Waals surface area contributed by atoms with E-state index in [0.717, 1.165) is 6.07 Å². The fraction of sp³-hybridized carbons (Fsp3) is 0. The molecule has 2 aromatic rings. The van der Waals surface area contributed by atoms with Gasteiger partial charge in [-0.15, -0.1) is 0 Å². The molecule has 104 valence electrons. The first kappa shape index (κ1) is 14.8. The molecule has 0 aliphatic rings. The standard InChI is InChI=1S/C13H9Cl2FN2OS/c14-7-4-8(15)6-9(5-7)17-13(20)18-11-3-1-2-10(16)12(11)19/h1-6,19H,(H2,17,18,20). The quantitative estimate of drug-likeness (QED) is 0.554. The molecule has 0 aliphatic carbocycles. The van der Waals surface area contributed by atoms with Gasteiger partial charge in [0.1, 0.15) is 0 Å². The van der Waals surface area contributed by atoms with E-state index < -0.39 is 11.6 Å². The Bertz CT molecular complexity index is 647. The predicted octanol–water partition coefficient (Wildman–Crippen LogP) is 4.65. The van der Waals surface area contributed by atoms with Crippen molar-refractivity contribution in [3.63, 3.8) is 0 Å². The van der Waals surface area contributed by atoms with Gasteiger partial charge < -0.3 is 15.7 Å². The number of hydrogen-bond donors (Lipinski definition) is 3. The zero-order chi connectivity index (χ0) is 14.7. The summed E-state index contributed by atoms with van der Waals surface area (Å²) in [7, 11) is 0. The van der Waals surface area contributed by atoms with Gasteiger partial charge >= 0.3 is 0 Å². The monoisotopic (exact) mass is 330 g/mol. The smallest absolute Gasteiger partial charge is 0.175 e. The molecule has 7 heteroatoms. The maximum Gasteiger partial charge on any atom is 0.175 e. The molecule has 0 fully saturated rings. The number of rotatable bonds is 2. The van der Waals surface area contributed by atoms with Gasteiger partial charge in [-0.25, -0.2) is 4.39 Å². The van der Waals surface area contributed by atoms with Crippen molar-refractivity contribution in [1.29, 1.82) is 0 Å². The van der Waals surface area contributed by atoms with Crippen LogP contribution in [0.2, 0.25) is 10.0 Å². The van der Waals surface area contributed by atoms with Crippen LogP contribution in [0.25, 0.3) is 0 Å². The molecule has 0 aliphatic heterocycles. The second kappa shape index (κ2) is 6.26.